The summed E-state index contributed by atoms with van der Waals surface area (Å²) in [6, 6.07) is 5.40. The number of alkyl halides is 3. The van der Waals surface area contributed by atoms with Crippen molar-refractivity contribution in [3.63, 3.8) is 0 Å². The Morgan fingerprint density at radius 2 is 2.00 bits per heavy atom. The third-order valence-corrected chi connectivity index (χ3v) is 3.70. The lowest BCUT2D eigenvalue weighted by Gasteiger charge is -2.36. The second-order valence-electron chi connectivity index (χ2n) is 5.02. The van der Waals surface area contributed by atoms with Crippen molar-refractivity contribution in [3.05, 3.63) is 35.4 Å². The summed E-state index contributed by atoms with van der Waals surface area (Å²) < 4.78 is 43.1. The number of benzene rings is 1. The highest BCUT2D eigenvalue weighted by Crippen LogP contribution is 2.31. The number of rotatable bonds is 3. The van der Waals surface area contributed by atoms with E-state index in [0.717, 1.165) is 24.2 Å². The smallest absolute Gasteiger partial charge is 0.374 e. The van der Waals surface area contributed by atoms with Gasteiger partial charge in [0.15, 0.2) is 0 Å². The van der Waals surface area contributed by atoms with Crippen molar-refractivity contribution in [2.75, 3.05) is 26.2 Å². The Hall–Kier alpha value is -1.11. The van der Waals surface area contributed by atoms with Gasteiger partial charge in [-0.2, -0.15) is 13.2 Å². The molecule has 1 aromatic rings. The molecule has 1 aliphatic heterocycles. The molecule has 0 saturated carbocycles. The van der Waals surface area contributed by atoms with Crippen LogP contribution in [0.15, 0.2) is 24.3 Å². The Labute approximate surface area is 116 Å². The minimum atomic E-state index is -4.29. The number of hydrogen-bond donors (Lipinski definition) is 1. The van der Waals surface area contributed by atoms with Gasteiger partial charge in [-0.3, -0.25) is 4.90 Å². The summed E-state index contributed by atoms with van der Waals surface area (Å²) >= 11 is 0. The average molecular weight is 288 g/mol. The Morgan fingerprint density at radius 3 is 2.55 bits per heavy atom. The predicted molar refractivity (Wildman–Crippen MR) is 70.2 cm³/mol. The van der Waals surface area contributed by atoms with Crippen LogP contribution in [0.3, 0.4) is 0 Å². The summed E-state index contributed by atoms with van der Waals surface area (Å²) in [6.07, 6.45) is -4.29. The number of nitrogens with zero attached hydrogens (tertiary/aromatic N) is 1. The fourth-order valence-electron chi connectivity index (χ4n) is 2.40. The van der Waals surface area contributed by atoms with Gasteiger partial charge in [0.25, 0.3) is 0 Å². The summed E-state index contributed by atoms with van der Waals surface area (Å²) in [5, 5.41) is 0. The van der Waals surface area contributed by atoms with E-state index in [1.807, 2.05) is 6.92 Å². The van der Waals surface area contributed by atoms with Crippen LogP contribution >= 0.6 is 0 Å². The molecule has 2 atom stereocenters. The molecule has 2 N–H and O–H groups in total. The summed E-state index contributed by atoms with van der Waals surface area (Å²) in [7, 11) is 0. The third-order valence-electron chi connectivity index (χ3n) is 3.70. The molecule has 0 radical (unpaired) electrons. The standard InChI is InChI=1S/C14H19F3N2O/c1-10(19-6-7-20-13(8-18)9-19)11-2-4-12(5-3-11)14(15,16)17/h2-5,10,13H,6-9,18H2,1H3. The van der Waals surface area contributed by atoms with Crippen LogP contribution in [0.1, 0.15) is 24.1 Å². The van der Waals surface area contributed by atoms with Crippen LogP contribution in [0.2, 0.25) is 0 Å². The molecule has 112 valence electrons. The van der Waals surface area contributed by atoms with Crippen LogP contribution in [0.4, 0.5) is 13.2 Å². The second kappa shape index (κ2) is 6.11. The molecule has 3 nitrogen and oxygen atoms in total. The molecule has 0 amide bonds. The van der Waals surface area contributed by atoms with Gasteiger partial charge in [0.1, 0.15) is 0 Å². The number of nitrogens with two attached hydrogens (primary N) is 1. The van der Waals surface area contributed by atoms with E-state index >= 15 is 0 Å². The molecule has 6 heteroatoms. The number of hydrogen-bond acceptors (Lipinski definition) is 3. The van der Waals surface area contributed by atoms with Crippen molar-refractivity contribution in [2.24, 2.45) is 5.73 Å². The molecule has 0 spiro atoms. The van der Waals surface area contributed by atoms with E-state index in [2.05, 4.69) is 4.90 Å². The number of halogens is 3. The van der Waals surface area contributed by atoms with Gasteiger partial charge in [-0.25, -0.2) is 0 Å². The van der Waals surface area contributed by atoms with Gasteiger partial charge in [-0.1, -0.05) is 12.1 Å². The maximum Gasteiger partial charge on any atom is 0.416 e. The summed E-state index contributed by atoms with van der Waals surface area (Å²) in [5.74, 6) is 0. The zero-order valence-electron chi connectivity index (χ0n) is 11.4. The molecular weight excluding hydrogens is 269 g/mol. The fourth-order valence-corrected chi connectivity index (χ4v) is 2.40. The summed E-state index contributed by atoms with van der Waals surface area (Å²) in [4.78, 5) is 2.18. The number of morpholine rings is 1. The van der Waals surface area contributed by atoms with Gasteiger partial charge in [0.05, 0.1) is 18.3 Å². The van der Waals surface area contributed by atoms with E-state index < -0.39 is 11.7 Å². The van der Waals surface area contributed by atoms with Crippen LogP contribution < -0.4 is 5.73 Å². The molecule has 1 aliphatic rings. The van der Waals surface area contributed by atoms with Crippen molar-refractivity contribution in [3.8, 4) is 0 Å². The quantitative estimate of drug-likeness (QED) is 0.928. The highest BCUT2D eigenvalue weighted by Gasteiger charge is 2.30. The van der Waals surface area contributed by atoms with Crippen LogP contribution in [0, 0.1) is 0 Å². The van der Waals surface area contributed by atoms with Crippen molar-refractivity contribution < 1.29 is 17.9 Å². The SMILES string of the molecule is CC(c1ccc(C(F)(F)F)cc1)N1CCOC(CN)C1. The predicted octanol–water partition coefficient (Wildman–Crippen LogP) is 2.43. The van der Waals surface area contributed by atoms with E-state index in [4.69, 9.17) is 10.5 Å². The van der Waals surface area contributed by atoms with E-state index in [-0.39, 0.29) is 12.1 Å². The molecule has 0 aromatic heterocycles. The minimum absolute atomic E-state index is 0.000600. The van der Waals surface area contributed by atoms with Crippen molar-refractivity contribution in [1.29, 1.82) is 0 Å². The maximum atomic E-state index is 12.5. The molecule has 2 unspecified atom stereocenters. The molecule has 0 aliphatic carbocycles. The first-order valence-corrected chi connectivity index (χ1v) is 6.64. The lowest BCUT2D eigenvalue weighted by Crippen LogP contribution is -2.46. The molecule has 1 fully saturated rings. The molecule has 1 saturated heterocycles. The van der Waals surface area contributed by atoms with Gasteiger partial charge in [0.2, 0.25) is 0 Å². The molecular formula is C14H19F3N2O. The van der Waals surface area contributed by atoms with E-state index in [1.165, 1.54) is 0 Å². The van der Waals surface area contributed by atoms with Crippen LogP contribution in [-0.4, -0.2) is 37.2 Å². The van der Waals surface area contributed by atoms with Crippen LogP contribution in [0.25, 0.3) is 0 Å². The molecule has 0 bridgehead atoms. The zero-order chi connectivity index (χ0) is 14.8. The highest BCUT2D eigenvalue weighted by atomic mass is 19.4. The van der Waals surface area contributed by atoms with Gasteiger partial charge < -0.3 is 10.5 Å². The first-order chi connectivity index (χ1) is 9.41. The molecule has 1 heterocycles. The second-order valence-corrected chi connectivity index (χ2v) is 5.02. The third kappa shape index (κ3) is 3.50. The minimum Gasteiger partial charge on any atom is -0.374 e. The first-order valence-electron chi connectivity index (χ1n) is 6.64. The Bertz CT molecular complexity index is 433. The Kier molecular flexibility index (Phi) is 4.67. The first kappa shape index (κ1) is 15.3. The van der Waals surface area contributed by atoms with Crippen molar-refractivity contribution in [1.82, 2.24) is 4.90 Å². The van der Waals surface area contributed by atoms with Crippen LogP contribution in [-0.2, 0) is 10.9 Å². The summed E-state index contributed by atoms with van der Waals surface area (Å²) in [5.41, 5.74) is 5.85. The van der Waals surface area contributed by atoms with E-state index in [9.17, 15) is 13.2 Å². The van der Waals surface area contributed by atoms with Gasteiger partial charge in [0, 0.05) is 25.7 Å². The van der Waals surface area contributed by atoms with E-state index in [1.54, 1.807) is 12.1 Å². The lowest BCUT2D eigenvalue weighted by molar-refractivity contribution is -0.137. The Balaban J connectivity index is 2.07. The number of ether oxygens (including phenoxy) is 1. The normalized spacial score (nSPS) is 22.8. The maximum absolute atomic E-state index is 12.5. The van der Waals surface area contributed by atoms with Crippen LogP contribution in [0.5, 0.6) is 0 Å². The fraction of sp³-hybridized carbons (Fsp3) is 0.571. The van der Waals surface area contributed by atoms with E-state index in [0.29, 0.717) is 19.7 Å². The largest absolute Gasteiger partial charge is 0.416 e. The van der Waals surface area contributed by atoms with Gasteiger partial charge in [-0.15, -0.1) is 0 Å². The molecule has 2 rings (SSSR count). The lowest BCUT2D eigenvalue weighted by atomic mass is 10.0. The Morgan fingerprint density at radius 1 is 1.35 bits per heavy atom. The van der Waals surface area contributed by atoms with Gasteiger partial charge >= 0.3 is 6.18 Å². The highest BCUT2D eigenvalue weighted by molar-refractivity contribution is 5.26. The monoisotopic (exact) mass is 288 g/mol. The molecule has 20 heavy (non-hydrogen) atoms. The van der Waals surface area contributed by atoms with Crippen molar-refractivity contribution >= 4 is 0 Å². The van der Waals surface area contributed by atoms with Gasteiger partial charge in [-0.05, 0) is 24.6 Å². The topological polar surface area (TPSA) is 38.5 Å². The average Bonchev–Trinajstić information content (AvgIpc) is 2.46. The zero-order valence-corrected chi connectivity index (χ0v) is 11.4. The summed E-state index contributed by atoms with van der Waals surface area (Å²) in [6.45, 7) is 4.52. The molecule has 1 aromatic carbocycles. The van der Waals surface area contributed by atoms with Crippen molar-refractivity contribution in [2.45, 2.75) is 25.2 Å².